The lowest BCUT2D eigenvalue weighted by atomic mass is 10.1. The van der Waals surface area contributed by atoms with Crippen molar-refractivity contribution in [2.45, 2.75) is 13.8 Å². The van der Waals surface area contributed by atoms with E-state index in [2.05, 4.69) is 31.2 Å². The van der Waals surface area contributed by atoms with E-state index in [0.29, 0.717) is 5.82 Å². The molecule has 4 nitrogen and oxygen atoms in total. The van der Waals surface area contributed by atoms with Crippen molar-refractivity contribution in [1.29, 1.82) is 5.26 Å². The lowest BCUT2D eigenvalue weighted by Gasteiger charge is -2.10. The molecule has 1 aromatic carbocycles. The topological polar surface area (TPSA) is 61.6 Å². The van der Waals surface area contributed by atoms with Crippen LogP contribution in [0.15, 0.2) is 29.0 Å². The number of nitrogens with zero attached hydrogens (tertiary/aromatic N) is 3. The van der Waals surface area contributed by atoms with Crippen molar-refractivity contribution in [2.24, 2.45) is 0 Å². The molecule has 5 heteroatoms. The highest BCUT2D eigenvalue weighted by molar-refractivity contribution is 9.10. The molecule has 0 saturated carbocycles. The molecular weight excluding hydrogens is 292 g/mol. The average molecular weight is 303 g/mol. The molecule has 0 radical (unpaired) electrons. The number of nitrogens with one attached hydrogen (secondary N) is 1. The smallest absolute Gasteiger partial charge is 0.183 e. The van der Waals surface area contributed by atoms with Crippen LogP contribution in [0.4, 0.5) is 11.5 Å². The second kappa shape index (κ2) is 5.15. The number of anilines is 2. The minimum atomic E-state index is 0.288. The molecule has 1 N–H and O–H groups in total. The van der Waals surface area contributed by atoms with E-state index in [1.807, 2.05) is 32.0 Å². The van der Waals surface area contributed by atoms with Gasteiger partial charge >= 0.3 is 0 Å². The van der Waals surface area contributed by atoms with Crippen LogP contribution in [0.1, 0.15) is 16.8 Å². The van der Waals surface area contributed by atoms with Gasteiger partial charge in [-0.3, -0.25) is 0 Å². The second-order valence-corrected chi connectivity index (χ2v) is 4.71. The van der Waals surface area contributed by atoms with Crippen molar-refractivity contribution in [3.05, 3.63) is 45.8 Å². The van der Waals surface area contributed by atoms with Crippen molar-refractivity contribution in [1.82, 2.24) is 9.97 Å². The Morgan fingerprint density at radius 1 is 1.17 bits per heavy atom. The van der Waals surface area contributed by atoms with Crippen LogP contribution >= 0.6 is 15.9 Å². The molecule has 0 saturated heterocycles. The number of halogens is 1. The molecule has 0 spiro atoms. The van der Waals surface area contributed by atoms with E-state index < -0.39 is 0 Å². The molecular formula is C13H11BrN4. The van der Waals surface area contributed by atoms with E-state index in [1.165, 1.54) is 6.20 Å². The van der Waals surface area contributed by atoms with Crippen LogP contribution in [0, 0.1) is 25.2 Å². The number of nitriles is 1. The molecule has 0 aliphatic carbocycles. The van der Waals surface area contributed by atoms with Gasteiger partial charge in [0.25, 0.3) is 0 Å². The number of hydrogen-bond donors (Lipinski definition) is 1. The molecule has 0 aliphatic rings. The van der Waals surface area contributed by atoms with Gasteiger partial charge in [0.05, 0.1) is 0 Å². The summed E-state index contributed by atoms with van der Waals surface area (Å²) in [7, 11) is 0. The van der Waals surface area contributed by atoms with Gasteiger partial charge in [0.15, 0.2) is 11.5 Å². The quantitative estimate of drug-likeness (QED) is 0.922. The zero-order chi connectivity index (χ0) is 13.1. The largest absolute Gasteiger partial charge is 0.338 e. The third kappa shape index (κ3) is 2.49. The average Bonchev–Trinajstić information content (AvgIpc) is 2.36. The highest BCUT2D eigenvalue weighted by Gasteiger charge is 2.07. The van der Waals surface area contributed by atoms with Gasteiger partial charge in [-0.05, 0) is 37.1 Å². The molecule has 2 aromatic rings. The summed E-state index contributed by atoms with van der Waals surface area (Å²) < 4.78 is 1.09. The minimum Gasteiger partial charge on any atom is -0.338 e. The molecule has 1 heterocycles. The number of aryl methyl sites for hydroxylation is 2. The summed E-state index contributed by atoms with van der Waals surface area (Å²) in [6, 6.07) is 6.00. The first-order valence-corrected chi connectivity index (χ1v) is 6.16. The summed E-state index contributed by atoms with van der Waals surface area (Å²) in [4.78, 5) is 8.08. The molecule has 1 aromatic heterocycles. The number of rotatable bonds is 2. The normalized spacial score (nSPS) is 9.89. The van der Waals surface area contributed by atoms with Crippen LogP contribution < -0.4 is 5.32 Å². The Morgan fingerprint density at radius 2 is 1.78 bits per heavy atom. The van der Waals surface area contributed by atoms with Crippen LogP contribution in [0.2, 0.25) is 0 Å². The molecule has 2 rings (SSSR count). The number of benzene rings is 1. The van der Waals surface area contributed by atoms with Crippen LogP contribution in [0.5, 0.6) is 0 Å². The van der Waals surface area contributed by atoms with E-state index in [9.17, 15) is 0 Å². The van der Waals surface area contributed by atoms with Crippen molar-refractivity contribution < 1.29 is 0 Å². The summed E-state index contributed by atoms with van der Waals surface area (Å²) in [5.74, 6) is 0.473. The van der Waals surface area contributed by atoms with Crippen molar-refractivity contribution in [3.63, 3.8) is 0 Å². The summed E-state index contributed by atoms with van der Waals surface area (Å²) in [5.41, 5.74) is 3.43. The highest BCUT2D eigenvalue weighted by Crippen LogP contribution is 2.26. The fourth-order valence-electron chi connectivity index (χ4n) is 1.67. The van der Waals surface area contributed by atoms with Gasteiger partial charge in [-0.15, -0.1) is 0 Å². The van der Waals surface area contributed by atoms with Crippen LogP contribution in [-0.4, -0.2) is 9.97 Å². The van der Waals surface area contributed by atoms with Gasteiger partial charge in [0, 0.05) is 22.6 Å². The Balaban J connectivity index is 2.38. The van der Waals surface area contributed by atoms with Gasteiger partial charge in [-0.1, -0.05) is 15.9 Å². The summed E-state index contributed by atoms with van der Waals surface area (Å²) in [5, 5.41) is 12.1. The summed E-state index contributed by atoms with van der Waals surface area (Å²) >= 11 is 3.52. The molecule has 0 amide bonds. The molecule has 90 valence electrons. The Bertz CT molecular complexity index is 608. The maximum absolute atomic E-state index is 8.95. The zero-order valence-electron chi connectivity index (χ0n) is 10.0. The Labute approximate surface area is 114 Å². The maximum Gasteiger partial charge on any atom is 0.183 e. The van der Waals surface area contributed by atoms with Gasteiger partial charge in [0.1, 0.15) is 6.07 Å². The summed E-state index contributed by atoms with van der Waals surface area (Å²) in [6.45, 7) is 4.04. The third-order valence-corrected chi connectivity index (χ3v) is 3.75. The molecule has 0 fully saturated rings. The fourth-order valence-corrected chi connectivity index (χ4v) is 1.90. The third-order valence-electron chi connectivity index (χ3n) is 2.50. The SMILES string of the molecule is Cc1cc(Nc2nccnc2C#N)cc(C)c1Br. The van der Waals surface area contributed by atoms with Crippen LogP contribution in [0.25, 0.3) is 0 Å². The lowest BCUT2D eigenvalue weighted by Crippen LogP contribution is -1.99. The number of aromatic nitrogens is 2. The minimum absolute atomic E-state index is 0.288. The predicted octanol–water partition coefficient (Wildman–Crippen LogP) is 3.47. The highest BCUT2D eigenvalue weighted by atomic mass is 79.9. The lowest BCUT2D eigenvalue weighted by molar-refractivity contribution is 1.16. The van der Waals surface area contributed by atoms with Crippen LogP contribution in [0.3, 0.4) is 0 Å². The Hall–Kier alpha value is -1.93. The van der Waals surface area contributed by atoms with Gasteiger partial charge < -0.3 is 5.32 Å². The van der Waals surface area contributed by atoms with E-state index in [-0.39, 0.29) is 5.69 Å². The van der Waals surface area contributed by atoms with E-state index in [0.717, 1.165) is 21.3 Å². The first-order valence-electron chi connectivity index (χ1n) is 5.36. The van der Waals surface area contributed by atoms with Crippen molar-refractivity contribution in [3.8, 4) is 6.07 Å². The molecule has 0 atom stereocenters. The summed E-state index contributed by atoms with van der Waals surface area (Å²) in [6.07, 6.45) is 3.06. The second-order valence-electron chi connectivity index (χ2n) is 3.91. The Kier molecular flexibility index (Phi) is 3.58. The monoisotopic (exact) mass is 302 g/mol. The standard InChI is InChI=1S/C13H11BrN4/c1-8-5-10(6-9(2)12(8)14)18-13-11(7-15)16-3-4-17-13/h3-6H,1-2H3,(H,17,18). The molecule has 0 aliphatic heterocycles. The molecule has 0 unspecified atom stereocenters. The van der Waals surface area contributed by atoms with Crippen LogP contribution in [-0.2, 0) is 0 Å². The molecule has 18 heavy (non-hydrogen) atoms. The fraction of sp³-hybridized carbons (Fsp3) is 0.154. The van der Waals surface area contributed by atoms with E-state index in [4.69, 9.17) is 5.26 Å². The zero-order valence-corrected chi connectivity index (χ0v) is 11.6. The van der Waals surface area contributed by atoms with Gasteiger partial charge in [-0.2, -0.15) is 5.26 Å². The molecule has 0 bridgehead atoms. The predicted molar refractivity (Wildman–Crippen MR) is 73.6 cm³/mol. The van der Waals surface area contributed by atoms with Gasteiger partial charge in [0.2, 0.25) is 0 Å². The first kappa shape index (κ1) is 12.5. The maximum atomic E-state index is 8.95. The van der Waals surface area contributed by atoms with Gasteiger partial charge in [-0.25, -0.2) is 9.97 Å². The first-order chi connectivity index (χ1) is 8.61. The van der Waals surface area contributed by atoms with E-state index >= 15 is 0 Å². The van der Waals surface area contributed by atoms with E-state index in [1.54, 1.807) is 6.20 Å². The van der Waals surface area contributed by atoms with Crippen molar-refractivity contribution >= 4 is 27.4 Å². The number of hydrogen-bond acceptors (Lipinski definition) is 4. The van der Waals surface area contributed by atoms with Crippen molar-refractivity contribution in [2.75, 3.05) is 5.32 Å². The Morgan fingerprint density at radius 3 is 2.39 bits per heavy atom.